The predicted molar refractivity (Wildman–Crippen MR) is 64.7 cm³/mol. The standard InChI is InChI=1S/C13H17Cl/c14-12-8-3-1-2-5-9-13-10-6-4-7-11-13/h4-7,9-11H,1-3,8,12H2/b9-5+. The van der Waals surface area contributed by atoms with Crippen molar-refractivity contribution < 1.29 is 0 Å². The van der Waals surface area contributed by atoms with Gasteiger partial charge in [-0.1, -0.05) is 48.9 Å². The summed E-state index contributed by atoms with van der Waals surface area (Å²) < 4.78 is 0. The highest BCUT2D eigenvalue weighted by molar-refractivity contribution is 6.17. The minimum Gasteiger partial charge on any atom is -0.127 e. The fourth-order valence-corrected chi connectivity index (χ4v) is 1.51. The largest absolute Gasteiger partial charge is 0.127 e. The van der Waals surface area contributed by atoms with Crippen LogP contribution in [0.3, 0.4) is 0 Å². The lowest BCUT2D eigenvalue weighted by Crippen LogP contribution is -1.76. The van der Waals surface area contributed by atoms with E-state index >= 15 is 0 Å². The summed E-state index contributed by atoms with van der Waals surface area (Å²) in [6.07, 6.45) is 9.20. The molecule has 0 saturated heterocycles. The molecule has 0 aliphatic rings. The van der Waals surface area contributed by atoms with Crippen LogP contribution in [0.4, 0.5) is 0 Å². The van der Waals surface area contributed by atoms with Crippen molar-refractivity contribution in [2.75, 3.05) is 5.88 Å². The number of hydrogen-bond acceptors (Lipinski definition) is 0. The van der Waals surface area contributed by atoms with Crippen LogP contribution in [0.2, 0.25) is 0 Å². The molecular weight excluding hydrogens is 192 g/mol. The molecule has 0 atom stereocenters. The Morgan fingerprint density at radius 2 is 1.79 bits per heavy atom. The summed E-state index contributed by atoms with van der Waals surface area (Å²) >= 11 is 5.59. The van der Waals surface area contributed by atoms with E-state index in [0.29, 0.717) is 0 Å². The molecule has 0 N–H and O–H groups in total. The molecule has 0 aliphatic heterocycles. The number of allylic oxidation sites excluding steroid dienone is 1. The number of benzene rings is 1. The molecular formula is C13H17Cl. The molecule has 0 unspecified atom stereocenters. The van der Waals surface area contributed by atoms with Gasteiger partial charge in [0.05, 0.1) is 0 Å². The number of alkyl halides is 1. The molecule has 1 heteroatoms. The second kappa shape index (κ2) is 7.64. The summed E-state index contributed by atoms with van der Waals surface area (Å²) in [4.78, 5) is 0. The maximum atomic E-state index is 5.59. The van der Waals surface area contributed by atoms with Crippen LogP contribution in [-0.2, 0) is 0 Å². The maximum Gasteiger partial charge on any atom is 0.0223 e. The molecule has 0 fully saturated rings. The van der Waals surface area contributed by atoms with Gasteiger partial charge in [0.25, 0.3) is 0 Å². The Balaban J connectivity index is 2.15. The van der Waals surface area contributed by atoms with Crippen LogP contribution in [-0.4, -0.2) is 5.88 Å². The molecule has 0 saturated carbocycles. The molecule has 0 spiro atoms. The zero-order valence-electron chi connectivity index (χ0n) is 8.45. The maximum absolute atomic E-state index is 5.59. The third kappa shape index (κ3) is 5.08. The summed E-state index contributed by atoms with van der Waals surface area (Å²) in [6.45, 7) is 0. The van der Waals surface area contributed by atoms with Gasteiger partial charge in [-0.25, -0.2) is 0 Å². The van der Waals surface area contributed by atoms with Crippen molar-refractivity contribution in [2.45, 2.75) is 25.7 Å². The first kappa shape index (κ1) is 11.3. The molecule has 1 rings (SSSR count). The van der Waals surface area contributed by atoms with Crippen LogP contribution in [0.25, 0.3) is 6.08 Å². The zero-order valence-corrected chi connectivity index (χ0v) is 9.21. The molecule has 0 aliphatic carbocycles. The average Bonchev–Trinajstić information content (AvgIpc) is 2.25. The first-order valence-corrected chi connectivity index (χ1v) is 5.74. The van der Waals surface area contributed by atoms with Crippen LogP contribution >= 0.6 is 11.6 Å². The second-order valence-electron chi connectivity index (χ2n) is 3.35. The summed E-state index contributed by atoms with van der Waals surface area (Å²) in [7, 11) is 0. The molecule has 0 heterocycles. The Morgan fingerprint density at radius 1 is 1.00 bits per heavy atom. The van der Waals surface area contributed by atoms with E-state index in [2.05, 4.69) is 36.4 Å². The van der Waals surface area contributed by atoms with E-state index in [4.69, 9.17) is 11.6 Å². The Labute approximate surface area is 91.6 Å². The van der Waals surface area contributed by atoms with Crippen molar-refractivity contribution >= 4 is 17.7 Å². The van der Waals surface area contributed by atoms with E-state index in [1.807, 2.05) is 6.07 Å². The fourth-order valence-electron chi connectivity index (χ4n) is 1.32. The van der Waals surface area contributed by atoms with Gasteiger partial charge in [0.1, 0.15) is 0 Å². The smallest absolute Gasteiger partial charge is 0.0223 e. The van der Waals surface area contributed by atoms with E-state index in [1.54, 1.807) is 0 Å². The molecule has 76 valence electrons. The Morgan fingerprint density at radius 3 is 2.50 bits per heavy atom. The van der Waals surface area contributed by atoms with Crippen LogP contribution in [0.1, 0.15) is 31.2 Å². The van der Waals surface area contributed by atoms with Crippen molar-refractivity contribution in [2.24, 2.45) is 0 Å². The van der Waals surface area contributed by atoms with E-state index in [9.17, 15) is 0 Å². The van der Waals surface area contributed by atoms with Gasteiger partial charge < -0.3 is 0 Å². The van der Waals surface area contributed by atoms with Crippen molar-refractivity contribution in [1.82, 2.24) is 0 Å². The van der Waals surface area contributed by atoms with E-state index in [-0.39, 0.29) is 0 Å². The van der Waals surface area contributed by atoms with Crippen LogP contribution in [0.5, 0.6) is 0 Å². The number of halogens is 1. The summed E-state index contributed by atoms with van der Waals surface area (Å²) in [5, 5.41) is 0. The molecule has 0 radical (unpaired) electrons. The van der Waals surface area contributed by atoms with E-state index in [0.717, 1.165) is 18.7 Å². The van der Waals surface area contributed by atoms with Crippen molar-refractivity contribution in [3.63, 3.8) is 0 Å². The minimum atomic E-state index is 0.794. The first-order valence-electron chi connectivity index (χ1n) is 5.21. The molecule has 14 heavy (non-hydrogen) atoms. The molecule has 1 aromatic carbocycles. The van der Waals surface area contributed by atoms with E-state index < -0.39 is 0 Å². The van der Waals surface area contributed by atoms with E-state index in [1.165, 1.54) is 18.4 Å². The Bertz CT molecular complexity index is 251. The highest BCUT2D eigenvalue weighted by Gasteiger charge is 1.86. The van der Waals surface area contributed by atoms with Crippen LogP contribution in [0.15, 0.2) is 36.4 Å². The SMILES string of the molecule is ClCCCCC/C=C/c1ccccc1. The summed E-state index contributed by atoms with van der Waals surface area (Å²) in [5.41, 5.74) is 1.28. The Hall–Kier alpha value is -0.750. The Kier molecular flexibility index (Phi) is 6.18. The minimum absolute atomic E-state index is 0.794. The zero-order chi connectivity index (χ0) is 10.1. The quantitative estimate of drug-likeness (QED) is 0.477. The highest BCUT2D eigenvalue weighted by Crippen LogP contribution is 2.05. The molecule has 0 amide bonds. The number of unbranched alkanes of at least 4 members (excludes halogenated alkanes) is 3. The second-order valence-corrected chi connectivity index (χ2v) is 3.73. The number of hydrogen-bond donors (Lipinski definition) is 0. The van der Waals surface area contributed by atoms with Gasteiger partial charge in [0.15, 0.2) is 0 Å². The predicted octanol–water partition coefficient (Wildman–Crippen LogP) is 4.50. The van der Waals surface area contributed by atoms with Crippen molar-refractivity contribution in [3.8, 4) is 0 Å². The van der Waals surface area contributed by atoms with Crippen molar-refractivity contribution in [1.29, 1.82) is 0 Å². The highest BCUT2D eigenvalue weighted by atomic mass is 35.5. The monoisotopic (exact) mass is 208 g/mol. The summed E-state index contributed by atoms with van der Waals surface area (Å²) in [5.74, 6) is 0.794. The van der Waals surface area contributed by atoms with Gasteiger partial charge in [-0.15, -0.1) is 11.6 Å². The van der Waals surface area contributed by atoms with Gasteiger partial charge in [0, 0.05) is 5.88 Å². The van der Waals surface area contributed by atoms with Gasteiger partial charge in [-0.3, -0.25) is 0 Å². The molecule has 0 nitrogen and oxygen atoms in total. The molecule has 0 aromatic heterocycles. The van der Waals surface area contributed by atoms with Gasteiger partial charge in [0.2, 0.25) is 0 Å². The van der Waals surface area contributed by atoms with Gasteiger partial charge >= 0.3 is 0 Å². The molecule has 0 bridgehead atoms. The molecule has 1 aromatic rings. The lowest BCUT2D eigenvalue weighted by atomic mass is 10.1. The first-order chi connectivity index (χ1) is 6.93. The van der Waals surface area contributed by atoms with Crippen LogP contribution < -0.4 is 0 Å². The summed E-state index contributed by atoms with van der Waals surface area (Å²) in [6, 6.07) is 10.4. The average molecular weight is 209 g/mol. The van der Waals surface area contributed by atoms with Gasteiger partial charge in [-0.05, 0) is 24.8 Å². The third-order valence-corrected chi connectivity index (χ3v) is 2.38. The lowest BCUT2D eigenvalue weighted by Gasteiger charge is -1.94. The normalized spacial score (nSPS) is 10.9. The topological polar surface area (TPSA) is 0 Å². The van der Waals surface area contributed by atoms with Crippen LogP contribution in [0, 0.1) is 0 Å². The van der Waals surface area contributed by atoms with Gasteiger partial charge in [-0.2, -0.15) is 0 Å². The van der Waals surface area contributed by atoms with Crippen molar-refractivity contribution in [3.05, 3.63) is 42.0 Å². The lowest BCUT2D eigenvalue weighted by molar-refractivity contribution is 0.734. The third-order valence-electron chi connectivity index (χ3n) is 2.11. The fraction of sp³-hybridized carbons (Fsp3) is 0.385. The number of rotatable bonds is 6.